The molecule has 76 valence electrons. The van der Waals surface area contributed by atoms with Crippen molar-refractivity contribution < 1.29 is 4.52 Å². The summed E-state index contributed by atoms with van der Waals surface area (Å²) in [6, 6.07) is 6.49. The van der Waals surface area contributed by atoms with Crippen LogP contribution in [-0.2, 0) is 11.8 Å². The van der Waals surface area contributed by atoms with Gasteiger partial charge in [-0.2, -0.15) is 0 Å². The predicted molar refractivity (Wildman–Crippen MR) is 62.1 cm³/mol. The van der Waals surface area contributed by atoms with Crippen LogP contribution in [0.1, 0.15) is 22.4 Å². The molecule has 0 radical (unpaired) electrons. The second-order valence-corrected chi connectivity index (χ2v) is 4.47. The Morgan fingerprint density at radius 3 is 3.13 bits per heavy atom. The molecule has 0 aliphatic heterocycles. The van der Waals surface area contributed by atoms with Gasteiger partial charge in [-0.3, -0.25) is 0 Å². The topological polar surface area (TPSA) is 26.0 Å². The first-order chi connectivity index (χ1) is 7.29. The first-order valence-electron chi connectivity index (χ1n) is 4.93. The molecule has 0 saturated carbocycles. The van der Waals surface area contributed by atoms with Crippen molar-refractivity contribution in [3.05, 3.63) is 40.6 Å². The molecule has 2 aromatic rings. The summed E-state index contributed by atoms with van der Waals surface area (Å²) in [5, 5.41) is 4.83. The lowest BCUT2D eigenvalue weighted by atomic mass is 10.1. The van der Waals surface area contributed by atoms with E-state index >= 15 is 0 Å². The summed E-state index contributed by atoms with van der Waals surface area (Å²) in [6.07, 6.45) is 0.954. The quantitative estimate of drug-likeness (QED) is 0.629. The van der Waals surface area contributed by atoms with E-state index in [9.17, 15) is 0 Å². The number of rotatable bonds is 1. The van der Waals surface area contributed by atoms with E-state index in [0.29, 0.717) is 0 Å². The average Bonchev–Trinajstić information content (AvgIpc) is 2.76. The van der Waals surface area contributed by atoms with Crippen molar-refractivity contribution in [3.63, 3.8) is 0 Å². The molecule has 2 nitrogen and oxygen atoms in total. The van der Waals surface area contributed by atoms with Gasteiger partial charge in [0.05, 0.1) is 5.69 Å². The second kappa shape index (κ2) is 3.20. The standard InChI is InChI=1S/C12H10BrNO/c1-7-2-3-8-5-10-11(6-13)14-15-12(10)9(8)4-7/h2-4H,5-6H2,1H3. The number of benzene rings is 1. The third kappa shape index (κ3) is 1.26. The number of halogens is 1. The zero-order chi connectivity index (χ0) is 10.4. The summed E-state index contributed by atoms with van der Waals surface area (Å²) in [5.74, 6) is 0.961. The van der Waals surface area contributed by atoms with E-state index in [1.807, 2.05) is 0 Å². The number of fused-ring (bicyclic) bond motifs is 3. The molecule has 1 aliphatic carbocycles. The van der Waals surface area contributed by atoms with Crippen molar-refractivity contribution in [1.29, 1.82) is 0 Å². The van der Waals surface area contributed by atoms with Gasteiger partial charge in [-0.1, -0.05) is 38.8 Å². The monoisotopic (exact) mass is 263 g/mol. The lowest BCUT2D eigenvalue weighted by Gasteiger charge is -1.99. The van der Waals surface area contributed by atoms with Gasteiger partial charge in [0.25, 0.3) is 0 Å². The molecule has 1 aromatic carbocycles. The van der Waals surface area contributed by atoms with Gasteiger partial charge < -0.3 is 4.52 Å². The molecule has 1 heterocycles. The number of aromatic nitrogens is 1. The van der Waals surface area contributed by atoms with Crippen LogP contribution in [0, 0.1) is 6.92 Å². The van der Waals surface area contributed by atoms with Crippen LogP contribution in [0.25, 0.3) is 11.3 Å². The number of hydrogen-bond donors (Lipinski definition) is 0. The van der Waals surface area contributed by atoms with Gasteiger partial charge in [-0.05, 0) is 18.6 Å². The fraction of sp³-hybridized carbons (Fsp3) is 0.250. The van der Waals surface area contributed by atoms with Gasteiger partial charge in [-0.25, -0.2) is 0 Å². The Labute approximate surface area is 96.4 Å². The summed E-state index contributed by atoms with van der Waals surface area (Å²) in [6.45, 7) is 2.10. The van der Waals surface area contributed by atoms with E-state index < -0.39 is 0 Å². The Morgan fingerprint density at radius 2 is 2.33 bits per heavy atom. The highest BCUT2D eigenvalue weighted by atomic mass is 79.9. The molecule has 0 atom stereocenters. The lowest BCUT2D eigenvalue weighted by Crippen LogP contribution is -1.86. The van der Waals surface area contributed by atoms with Gasteiger partial charge in [0.2, 0.25) is 0 Å². The summed E-state index contributed by atoms with van der Waals surface area (Å²) in [5.41, 5.74) is 6.09. The fourth-order valence-corrected chi connectivity index (χ4v) is 2.53. The first-order valence-corrected chi connectivity index (χ1v) is 6.05. The predicted octanol–water partition coefficient (Wildman–Crippen LogP) is 3.45. The van der Waals surface area contributed by atoms with E-state index in [-0.39, 0.29) is 0 Å². The molecular formula is C12H10BrNO. The molecule has 0 amide bonds. The minimum absolute atomic E-state index is 0.763. The van der Waals surface area contributed by atoms with E-state index in [1.165, 1.54) is 22.3 Å². The largest absolute Gasteiger partial charge is 0.356 e. The average molecular weight is 264 g/mol. The number of aryl methyl sites for hydroxylation is 1. The molecule has 0 bridgehead atoms. The molecule has 3 rings (SSSR count). The molecule has 3 heteroatoms. The van der Waals surface area contributed by atoms with E-state index in [2.05, 4.69) is 46.2 Å². The lowest BCUT2D eigenvalue weighted by molar-refractivity contribution is 0.427. The molecule has 0 spiro atoms. The van der Waals surface area contributed by atoms with Crippen LogP contribution in [0.15, 0.2) is 22.7 Å². The molecular weight excluding hydrogens is 254 g/mol. The van der Waals surface area contributed by atoms with Crippen LogP contribution in [0.2, 0.25) is 0 Å². The highest BCUT2D eigenvalue weighted by molar-refractivity contribution is 9.08. The third-order valence-corrected chi connectivity index (χ3v) is 3.40. The van der Waals surface area contributed by atoms with Crippen molar-refractivity contribution in [2.24, 2.45) is 0 Å². The molecule has 15 heavy (non-hydrogen) atoms. The third-order valence-electron chi connectivity index (χ3n) is 2.87. The van der Waals surface area contributed by atoms with Crippen LogP contribution in [0.3, 0.4) is 0 Å². The zero-order valence-electron chi connectivity index (χ0n) is 8.38. The maximum atomic E-state index is 5.40. The molecule has 1 aromatic heterocycles. The van der Waals surface area contributed by atoms with Crippen LogP contribution in [-0.4, -0.2) is 5.16 Å². The molecule has 1 aliphatic rings. The van der Waals surface area contributed by atoms with E-state index in [4.69, 9.17) is 4.52 Å². The SMILES string of the molecule is Cc1ccc2c(c1)-c1onc(CBr)c1C2. The molecule has 0 unspecified atom stereocenters. The summed E-state index contributed by atoms with van der Waals surface area (Å²) < 4.78 is 5.40. The Morgan fingerprint density at radius 1 is 1.47 bits per heavy atom. The summed E-state index contributed by atoms with van der Waals surface area (Å²) in [7, 11) is 0. The molecule has 0 fully saturated rings. The van der Waals surface area contributed by atoms with Crippen molar-refractivity contribution in [2.75, 3.05) is 0 Å². The Kier molecular flexibility index (Phi) is 1.96. The highest BCUT2D eigenvalue weighted by Gasteiger charge is 2.26. The van der Waals surface area contributed by atoms with Gasteiger partial charge in [0.1, 0.15) is 0 Å². The summed E-state index contributed by atoms with van der Waals surface area (Å²) in [4.78, 5) is 0. The maximum Gasteiger partial charge on any atom is 0.170 e. The van der Waals surface area contributed by atoms with Gasteiger partial charge in [0.15, 0.2) is 5.76 Å². The van der Waals surface area contributed by atoms with E-state index in [0.717, 1.165) is 23.2 Å². The Hall–Kier alpha value is -1.09. The molecule has 0 saturated heterocycles. The minimum atomic E-state index is 0.763. The van der Waals surface area contributed by atoms with Gasteiger partial charge >= 0.3 is 0 Å². The number of hydrogen-bond acceptors (Lipinski definition) is 2. The normalized spacial score (nSPS) is 12.7. The minimum Gasteiger partial charge on any atom is -0.356 e. The van der Waals surface area contributed by atoms with Gasteiger partial charge in [-0.15, -0.1) is 0 Å². The van der Waals surface area contributed by atoms with E-state index in [1.54, 1.807) is 0 Å². The second-order valence-electron chi connectivity index (χ2n) is 3.91. The number of alkyl halides is 1. The first kappa shape index (κ1) is 9.16. The highest BCUT2D eigenvalue weighted by Crippen LogP contribution is 2.39. The Bertz CT molecular complexity index is 530. The van der Waals surface area contributed by atoms with Gasteiger partial charge in [0, 0.05) is 22.9 Å². The van der Waals surface area contributed by atoms with Crippen LogP contribution in [0.4, 0.5) is 0 Å². The van der Waals surface area contributed by atoms with Crippen molar-refractivity contribution in [3.8, 4) is 11.3 Å². The van der Waals surface area contributed by atoms with Crippen molar-refractivity contribution in [1.82, 2.24) is 5.16 Å². The number of nitrogens with zero attached hydrogens (tertiary/aromatic N) is 1. The molecule has 0 N–H and O–H groups in total. The van der Waals surface area contributed by atoms with Crippen molar-refractivity contribution in [2.45, 2.75) is 18.7 Å². The van der Waals surface area contributed by atoms with Crippen LogP contribution >= 0.6 is 15.9 Å². The zero-order valence-corrected chi connectivity index (χ0v) is 9.97. The Balaban J connectivity index is 2.22. The van der Waals surface area contributed by atoms with Crippen molar-refractivity contribution >= 4 is 15.9 Å². The van der Waals surface area contributed by atoms with Crippen LogP contribution < -0.4 is 0 Å². The summed E-state index contributed by atoms with van der Waals surface area (Å²) >= 11 is 3.43. The van der Waals surface area contributed by atoms with Crippen LogP contribution in [0.5, 0.6) is 0 Å². The fourth-order valence-electron chi connectivity index (χ4n) is 2.09. The smallest absolute Gasteiger partial charge is 0.170 e. The maximum absolute atomic E-state index is 5.40.